The summed E-state index contributed by atoms with van der Waals surface area (Å²) >= 11 is 0. The molecule has 0 aliphatic rings. The minimum Gasteiger partial charge on any atom is -0.102 e. The topological polar surface area (TPSA) is 0 Å². The van der Waals surface area contributed by atoms with E-state index < -0.39 is 0 Å². The molecule has 0 aromatic rings. The van der Waals surface area contributed by atoms with Gasteiger partial charge >= 0.3 is 0 Å². The van der Waals surface area contributed by atoms with Gasteiger partial charge in [0.2, 0.25) is 0 Å². The highest BCUT2D eigenvalue weighted by Gasteiger charge is 1.91. The van der Waals surface area contributed by atoms with Crippen LogP contribution in [0, 0.1) is 5.92 Å². The Morgan fingerprint density at radius 1 is 1.20 bits per heavy atom. The van der Waals surface area contributed by atoms with Crippen molar-refractivity contribution in [3.63, 3.8) is 0 Å². The monoisotopic (exact) mass is 136 g/mol. The number of hydrogen-bond acceptors (Lipinski definition) is 0. The maximum absolute atomic E-state index is 3.71. The third-order valence-electron chi connectivity index (χ3n) is 1.42. The molecule has 0 heteroatoms. The van der Waals surface area contributed by atoms with Crippen molar-refractivity contribution in [1.29, 1.82) is 0 Å². The van der Waals surface area contributed by atoms with E-state index >= 15 is 0 Å². The lowest BCUT2D eigenvalue weighted by atomic mass is 10.1. The van der Waals surface area contributed by atoms with Gasteiger partial charge in [0.15, 0.2) is 0 Å². The van der Waals surface area contributed by atoms with Crippen LogP contribution in [0.15, 0.2) is 37.5 Å². The fraction of sp³-hybridized carbons (Fsp3) is 0.400. The summed E-state index contributed by atoms with van der Waals surface area (Å²) in [5, 5.41) is 0. The van der Waals surface area contributed by atoms with Crippen molar-refractivity contribution in [3.05, 3.63) is 37.5 Å². The molecule has 0 rings (SSSR count). The molecule has 0 amide bonds. The minimum atomic E-state index is 0.447. The van der Waals surface area contributed by atoms with Crippen LogP contribution in [-0.4, -0.2) is 0 Å². The standard InChI is InChI=1S/C10H16/c1-4-7-8-9-10(5-2)6-3/h5-8,10H,2-4,9H2,1H3/b8-7+. The van der Waals surface area contributed by atoms with E-state index in [-0.39, 0.29) is 0 Å². The summed E-state index contributed by atoms with van der Waals surface area (Å²) in [6, 6.07) is 0. The fourth-order valence-corrected chi connectivity index (χ4v) is 0.709. The van der Waals surface area contributed by atoms with Gasteiger partial charge in [-0.2, -0.15) is 0 Å². The van der Waals surface area contributed by atoms with Crippen LogP contribution in [-0.2, 0) is 0 Å². The summed E-state index contributed by atoms with van der Waals surface area (Å²) in [5.41, 5.74) is 0. The number of rotatable bonds is 5. The third-order valence-corrected chi connectivity index (χ3v) is 1.42. The van der Waals surface area contributed by atoms with Gasteiger partial charge in [0.1, 0.15) is 0 Å². The van der Waals surface area contributed by atoms with Crippen LogP contribution >= 0.6 is 0 Å². The number of hydrogen-bond donors (Lipinski definition) is 0. The Bertz CT molecular complexity index is 112. The van der Waals surface area contributed by atoms with Gasteiger partial charge in [-0.3, -0.25) is 0 Å². The van der Waals surface area contributed by atoms with Crippen molar-refractivity contribution >= 4 is 0 Å². The molecular formula is C10H16. The second-order valence-corrected chi connectivity index (χ2v) is 2.25. The van der Waals surface area contributed by atoms with Gasteiger partial charge in [0.05, 0.1) is 0 Å². The normalized spacial score (nSPS) is 10.6. The lowest BCUT2D eigenvalue weighted by molar-refractivity contribution is 0.834. The van der Waals surface area contributed by atoms with Crippen LogP contribution < -0.4 is 0 Å². The van der Waals surface area contributed by atoms with Crippen LogP contribution in [0.1, 0.15) is 19.8 Å². The van der Waals surface area contributed by atoms with Crippen molar-refractivity contribution in [3.8, 4) is 0 Å². The SMILES string of the molecule is C=CC(C=C)C/C=C/CC. The maximum atomic E-state index is 3.71. The van der Waals surface area contributed by atoms with E-state index in [2.05, 4.69) is 32.2 Å². The van der Waals surface area contributed by atoms with Crippen LogP contribution in [0.25, 0.3) is 0 Å². The lowest BCUT2D eigenvalue weighted by Crippen LogP contribution is -1.85. The van der Waals surface area contributed by atoms with Crippen molar-refractivity contribution in [2.45, 2.75) is 19.8 Å². The molecule has 0 saturated heterocycles. The molecule has 0 spiro atoms. The second kappa shape index (κ2) is 6.34. The smallest absolute Gasteiger partial charge is 0.00243 e. The molecule has 0 aliphatic heterocycles. The predicted molar refractivity (Wildman–Crippen MR) is 47.9 cm³/mol. The van der Waals surface area contributed by atoms with E-state index in [1.54, 1.807) is 0 Å². The Hall–Kier alpha value is -0.780. The average molecular weight is 136 g/mol. The zero-order valence-corrected chi connectivity index (χ0v) is 6.72. The molecule has 0 heterocycles. The van der Waals surface area contributed by atoms with Gasteiger partial charge in [0, 0.05) is 0 Å². The molecule has 0 N–H and O–H groups in total. The Morgan fingerprint density at radius 3 is 2.20 bits per heavy atom. The first-order chi connectivity index (χ1) is 4.85. The molecule has 0 bridgehead atoms. The van der Waals surface area contributed by atoms with Crippen molar-refractivity contribution < 1.29 is 0 Å². The number of allylic oxidation sites excluding steroid dienone is 4. The predicted octanol–water partition coefficient (Wildman–Crippen LogP) is 3.33. The summed E-state index contributed by atoms with van der Waals surface area (Å²) in [5.74, 6) is 0.447. The zero-order chi connectivity index (χ0) is 7.82. The van der Waals surface area contributed by atoms with E-state index in [0.717, 1.165) is 12.8 Å². The molecule has 0 aromatic carbocycles. The van der Waals surface area contributed by atoms with Crippen LogP contribution in [0.4, 0.5) is 0 Å². The molecule has 0 fully saturated rings. The highest BCUT2D eigenvalue weighted by molar-refractivity contribution is 4.97. The Morgan fingerprint density at radius 2 is 1.80 bits per heavy atom. The molecule has 0 aromatic heterocycles. The quantitative estimate of drug-likeness (QED) is 0.508. The summed E-state index contributed by atoms with van der Waals surface area (Å²) in [7, 11) is 0. The van der Waals surface area contributed by atoms with Crippen molar-refractivity contribution in [1.82, 2.24) is 0 Å². The van der Waals surface area contributed by atoms with Crippen LogP contribution in [0.5, 0.6) is 0 Å². The fourth-order valence-electron chi connectivity index (χ4n) is 0.709. The zero-order valence-electron chi connectivity index (χ0n) is 6.72. The molecular weight excluding hydrogens is 120 g/mol. The first kappa shape index (κ1) is 9.22. The first-order valence-corrected chi connectivity index (χ1v) is 3.75. The van der Waals surface area contributed by atoms with Crippen molar-refractivity contribution in [2.24, 2.45) is 5.92 Å². The molecule has 0 saturated carbocycles. The van der Waals surface area contributed by atoms with Gasteiger partial charge in [-0.1, -0.05) is 31.2 Å². The summed E-state index contributed by atoms with van der Waals surface area (Å²) in [6.07, 6.45) is 10.3. The van der Waals surface area contributed by atoms with Gasteiger partial charge in [-0.05, 0) is 18.8 Å². The highest BCUT2D eigenvalue weighted by Crippen LogP contribution is 2.05. The molecule has 10 heavy (non-hydrogen) atoms. The van der Waals surface area contributed by atoms with E-state index in [0.29, 0.717) is 5.92 Å². The Balaban J connectivity index is 3.53. The van der Waals surface area contributed by atoms with Crippen LogP contribution in [0.2, 0.25) is 0 Å². The molecule has 0 nitrogen and oxygen atoms in total. The van der Waals surface area contributed by atoms with Crippen LogP contribution in [0.3, 0.4) is 0 Å². The largest absolute Gasteiger partial charge is 0.102 e. The molecule has 0 unspecified atom stereocenters. The first-order valence-electron chi connectivity index (χ1n) is 3.75. The van der Waals surface area contributed by atoms with E-state index in [1.807, 2.05) is 12.2 Å². The molecule has 56 valence electrons. The third kappa shape index (κ3) is 4.13. The second-order valence-electron chi connectivity index (χ2n) is 2.25. The summed E-state index contributed by atoms with van der Waals surface area (Å²) < 4.78 is 0. The van der Waals surface area contributed by atoms with Gasteiger partial charge < -0.3 is 0 Å². The Kier molecular flexibility index (Phi) is 5.85. The van der Waals surface area contributed by atoms with Crippen molar-refractivity contribution in [2.75, 3.05) is 0 Å². The minimum absolute atomic E-state index is 0.447. The lowest BCUT2D eigenvalue weighted by Gasteiger charge is -1.99. The van der Waals surface area contributed by atoms with Gasteiger partial charge in [0.25, 0.3) is 0 Å². The Labute approximate surface area is 64.0 Å². The maximum Gasteiger partial charge on any atom is -0.00243 e. The van der Waals surface area contributed by atoms with E-state index in [4.69, 9.17) is 0 Å². The summed E-state index contributed by atoms with van der Waals surface area (Å²) in [6.45, 7) is 9.54. The van der Waals surface area contributed by atoms with Gasteiger partial charge in [-0.15, -0.1) is 13.2 Å². The van der Waals surface area contributed by atoms with E-state index in [1.165, 1.54) is 0 Å². The van der Waals surface area contributed by atoms with E-state index in [9.17, 15) is 0 Å². The highest BCUT2D eigenvalue weighted by atomic mass is 14.0. The molecule has 0 radical (unpaired) electrons. The average Bonchev–Trinajstić information content (AvgIpc) is 1.99. The molecule has 0 aliphatic carbocycles. The summed E-state index contributed by atoms with van der Waals surface area (Å²) in [4.78, 5) is 0. The van der Waals surface area contributed by atoms with Gasteiger partial charge in [-0.25, -0.2) is 0 Å². The molecule has 0 atom stereocenters.